The van der Waals surface area contributed by atoms with Crippen LogP contribution in [0.3, 0.4) is 0 Å². The number of aromatic nitrogens is 3. The Morgan fingerprint density at radius 3 is 2.81 bits per heavy atom. The van der Waals surface area contributed by atoms with Gasteiger partial charge in [0.15, 0.2) is 10.8 Å². The number of anilines is 2. The Balaban J connectivity index is 1.66. The number of thioether (sulfide) groups is 1. The molecule has 0 bridgehead atoms. The highest BCUT2D eigenvalue weighted by molar-refractivity contribution is 7.99. The molecule has 21 heavy (non-hydrogen) atoms. The van der Waals surface area contributed by atoms with E-state index in [0.717, 1.165) is 5.69 Å². The number of hydrogen-bond acceptors (Lipinski definition) is 5. The van der Waals surface area contributed by atoms with Crippen LogP contribution in [-0.2, 0) is 4.79 Å². The molecule has 1 amide bonds. The Kier molecular flexibility index (Phi) is 3.74. The van der Waals surface area contributed by atoms with E-state index in [9.17, 15) is 4.79 Å². The molecule has 106 valence electrons. The minimum atomic E-state index is -0.0909. The highest BCUT2D eigenvalue weighted by atomic mass is 32.2. The standard InChI is InChI=1S/C14H13N5OS/c15-10-6-7-12-17-18-14(19(12)8-10)21-9-13(20)16-11-4-2-1-3-5-11/h1-8H,9,15H2,(H,16,20). The van der Waals surface area contributed by atoms with E-state index >= 15 is 0 Å². The Hall–Kier alpha value is -2.54. The molecule has 3 aromatic rings. The number of rotatable bonds is 4. The minimum absolute atomic E-state index is 0.0909. The zero-order valence-electron chi connectivity index (χ0n) is 11.1. The van der Waals surface area contributed by atoms with E-state index in [1.165, 1.54) is 11.8 Å². The van der Waals surface area contributed by atoms with E-state index in [2.05, 4.69) is 15.5 Å². The molecule has 6 nitrogen and oxygen atoms in total. The number of fused-ring (bicyclic) bond motifs is 1. The average molecular weight is 299 g/mol. The summed E-state index contributed by atoms with van der Waals surface area (Å²) in [5, 5.41) is 11.5. The molecule has 0 aliphatic rings. The third kappa shape index (κ3) is 3.14. The summed E-state index contributed by atoms with van der Waals surface area (Å²) in [6, 6.07) is 12.9. The normalized spacial score (nSPS) is 10.7. The van der Waals surface area contributed by atoms with Gasteiger partial charge in [-0.1, -0.05) is 30.0 Å². The van der Waals surface area contributed by atoms with Gasteiger partial charge in [0.25, 0.3) is 0 Å². The van der Waals surface area contributed by atoms with Crippen molar-refractivity contribution in [1.29, 1.82) is 0 Å². The first-order chi connectivity index (χ1) is 10.2. The summed E-state index contributed by atoms with van der Waals surface area (Å²) in [5.41, 5.74) is 7.85. The van der Waals surface area contributed by atoms with Crippen molar-refractivity contribution in [2.24, 2.45) is 0 Å². The zero-order chi connectivity index (χ0) is 14.7. The van der Waals surface area contributed by atoms with Crippen LogP contribution in [0.15, 0.2) is 53.8 Å². The van der Waals surface area contributed by atoms with E-state index in [4.69, 9.17) is 5.73 Å². The van der Waals surface area contributed by atoms with E-state index in [0.29, 0.717) is 16.5 Å². The van der Waals surface area contributed by atoms with Crippen molar-refractivity contribution in [3.63, 3.8) is 0 Å². The summed E-state index contributed by atoms with van der Waals surface area (Å²) < 4.78 is 1.77. The van der Waals surface area contributed by atoms with Crippen molar-refractivity contribution in [3.8, 4) is 0 Å². The predicted octanol–water partition coefficient (Wildman–Crippen LogP) is 2.04. The Bertz CT molecular complexity index is 771. The van der Waals surface area contributed by atoms with Crippen molar-refractivity contribution >= 4 is 34.7 Å². The molecule has 0 aliphatic heterocycles. The number of amides is 1. The van der Waals surface area contributed by atoms with Gasteiger partial charge in [-0.25, -0.2) is 0 Å². The maximum absolute atomic E-state index is 11.9. The molecule has 3 N–H and O–H groups in total. The van der Waals surface area contributed by atoms with Gasteiger partial charge in [0.05, 0.1) is 5.75 Å². The number of nitrogens with two attached hydrogens (primary N) is 1. The van der Waals surface area contributed by atoms with E-state index in [1.54, 1.807) is 22.7 Å². The molecule has 1 aromatic carbocycles. The second kappa shape index (κ2) is 5.84. The number of nitrogen functional groups attached to an aromatic ring is 1. The van der Waals surface area contributed by atoms with Gasteiger partial charge in [-0.15, -0.1) is 10.2 Å². The van der Waals surface area contributed by atoms with Crippen LogP contribution in [0.5, 0.6) is 0 Å². The van der Waals surface area contributed by atoms with Crippen molar-refractivity contribution in [2.45, 2.75) is 5.16 Å². The van der Waals surface area contributed by atoms with Crippen LogP contribution in [-0.4, -0.2) is 26.3 Å². The van der Waals surface area contributed by atoms with Crippen molar-refractivity contribution in [1.82, 2.24) is 14.6 Å². The highest BCUT2D eigenvalue weighted by Gasteiger charge is 2.09. The summed E-state index contributed by atoms with van der Waals surface area (Å²) in [6.45, 7) is 0. The smallest absolute Gasteiger partial charge is 0.234 e. The molecule has 0 aliphatic carbocycles. The third-order valence-electron chi connectivity index (χ3n) is 2.78. The number of carbonyl (C=O) groups excluding carboxylic acids is 1. The van der Waals surface area contributed by atoms with Crippen LogP contribution in [0.25, 0.3) is 5.65 Å². The van der Waals surface area contributed by atoms with Gasteiger partial charge in [0.2, 0.25) is 5.91 Å². The van der Waals surface area contributed by atoms with Gasteiger partial charge >= 0.3 is 0 Å². The van der Waals surface area contributed by atoms with Crippen molar-refractivity contribution in [2.75, 3.05) is 16.8 Å². The van der Waals surface area contributed by atoms with Crippen molar-refractivity contribution < 1.29 is 4.79 Å². The Morgan fingerprint density at radius 1 is 1.19 bits per heavy atom. The van der Waals surface area contributed by atoms with E-state index in [1.807, 2.05) is 30.3 Å². The number of carbonyl (C=O) groups is 1. The maximum atomic E-state index is 11.9. The summed E-state index contributed by atoms with van der Waals surface area (Å²) >= 11 is 1.31. The lowest BCUT2D eigenvalue weighted by atomic mass is 10.3. The lowest BCUT2D eigenvalue weighted by Gasteiger charge is -2.04. The molecule has 0 radical (unpaired) electrons. The fourth-order valence-corrected chi connectivity index (χ4v) is 2.55. The van der Waals surface area contributed by atoms with Crippen LogP contribution in [0.2, 0.25) is 0 Å². The second-order valence-corrected chi connectivity index (χ2v) is 5.32. The number of nitrogens with zero attached hydrogens (tertiary/aromatic N) is 3. The molecule has 2 aromatic heterocycles. The number of hydrogen-bond donors (Lipinski definition) is 2. The van der Waals surface area contributed by atoms with Gasteiger partial charge in [-0.05, 0) is 24.3 Å². The lowest BCUT2D eigenvalue weighted by molar-refractivity contribution is -0.113. The average Bonchev–Trinajstić information content (AvgIpc) is 2.88. The summed E-state index contributed by atoms with van der Waals surface area (Å²) in [4.78, 5) is 11.9. The SMILES string of the molecule is Nc1ccc2nnc(SCC(=O)Nc3ccccc3)n2c1. The van der Waals surface area contributed by atoms with Gasteiger partial charge in [-0.2, -0.15) is 0 Å². The largest absolute Gasteiger partial charge is 0.398 e. The molecular weight excluding hydrogens is 286 g/mol. The molecule has 3 rings (SSSR count). The molecular formula is C14H13N5OS. The second-order valence-electron chi connectivity index (χ2n) is 4.38. The number of benzene rings is 1. The topological polar surface area (TPSA) is 85.3 Å². The first-order valence-electron chi connectivity index (χ1n) is 6.30. The maximum Gasteiger partial charge on any atom is 0.234 e. The van der Waals surface area contributed by atoms with Gasteiger partial charge in [-0.3, -0.25) is 9.20 Å². The highest BCUT2D eigenvalue weighted by Crippen LogP contribution is 2.18. The monoisotopic (exact) mass is 299 g/mol. The first-order valence-corrected chi connectivity index (χ1v) is 7.29. The molecule has 0 saturated heterocycles. The first kappa shape index (κ1) is 13.4. The molecule has 0 atom stereocenters. The van der Waals surface area contributed by atoms with Crippen LogP contribution in [0.1, 0.15) is 0 Å². The van der Waals surface area contributed by atoms with Gasteiger partial charge < -0.3 is 11.1 Å². The van der Waals surface area contributed by atoms with Crippen LogP contribution in [0.4, 0.5) is 11.4 Å². The summed E-state index contributed by atoms with van der Waals surface area (Å²) in [5.74, 6) is 0.164. The minimum Gasteiger partial charge on any atom is -0.398 e. The van der Waals surface area contributed by atoms with E-state index in [-0.39, 0.29) is 11.7 Å². The number of nitrogens with one attached hydrogen (secondary N) is 1. The molecule has 0 unspecified atom stereocenters. The summed E-state index contributed by atoms with van der Waals surface area (Å²) in [6.07, 6.45) is 1.74. The van der Waals surface area contributed by atoms with Crippen molar-refractivity contribution in [3.05, 3.63) is 48.7 Å². The molecule has 2 heterocycles. The van der Waals surface area contributed by atoms with Gasteiger partial charge in [0.1, 0.15) is 0 Å². The Morgan fingerprint density at radius 2 is 2.00 bits per heavy atom. The lowest BCUT2D eigenvalue weighted by Crippen LogP contribution is -2.14. The fraction of sp³-hybridized carbons (Fsp3) is 0.0714. The summed E-state index contributed by atoms with van der Waals surface area (Å²) in [7, 11) is 0. The van der Waals surface area contributed by atoms with E-state index < -0.39 is 0 Å². The molecule has 0 spiro atoms. The Labute approximate surface area is 125 Å². The molecule has 0 fully saturated rings. The van der Waals surface area contributed by atoms with Crippen LogP contribution < -0.4 is 11.1 Å². The quantitative estimate of drug-likeness (QED) is 0.720. The van der Waals surface area contributed by atoms with Gasteiger partial charge in [0, 0.05) is 17.6 Å². The molecule has 7 heteroatoms. The third-order valence-corrected chi connectivity index (χ3v) is 3.73. The molecule has 0 saturated carbocycles. The van der Waals surface area contributed by atoms with Crippen LogP contribution >= 0.6 is 11.8 Å². The number of pyridine rings is 1. The number of para-hydroxylation sites is 1. The fourth-order valence-electron chi connectivity index (χ4n) is 1.83. The zero-order valence-corrected chi connectivity index (χ0v) is 11.9. The van der Waals surface area contributed by atoms with Crippen LogP contribution in [0, 0.1) is 0 Å². The predicted molar refractivity (Wildman–Crippen MR) is 83.2 cm³/mol.